The highest BCUT2D eigenvalue weighted by Gasteiger charge is 2.23. The van der Waals surface area contributed by atoms with E-state index in [1.54, 1.807) is 12.3 Å². The van der Waals surface area contributed by atoms with Crippen molar-refractivity contribution < 1.29 is 23.7 Å². The first kappa shape index (κ1) is 23.7. The first-order valence-corrected chi connectivity index (χ1v) is 12.1. The number of pyridine rings is 1. The smallest absolute Gasteiger partial charge is 0.256 e. The normalized spacial score (nSPS) is 18.1. The molecule has 2 fully saturated rings. The number of carbonyl (C=O) groups is 1. The van der Waals surface area contributed by atoms with E-state index in [1.807, 2.05) is 16.4 Å². The lowest BCUT2D eigenvalue weighted by atomic mass is 10.1. The van der Waals surface area contributed by atoms with E-state index in [-0.39, 0.29) is 10.9 Å². The van der Waals surface area contributed by atoms with E-state index in [2.05, 4.69) is 12.4 Å². The number of benzene rings is 1. The molecule has 3 heterocycles. The molecule has 0 saturated carbocycles. The second-order valence-corrected chi connectivity index (χ2v) is 9.14. The number of aromatic nitrogens is 1. The number of amides is 1. The summed E-state index contributed by atoms with van der Waals surface area (Å²) in [5.74, 6) is -0.805. The Morgan fingerprint density at radius 2 is 1.91 bits per heavy atom. The molecule has 4 rings (SSSR count). The van der Waals surface area contributed by atoms with Gasteiger partial charge < -0.3 is 29.3 Å². The molecule has 9 heteroatoms. The predicted octanol–water partition coefficient (Wildman–Crippen LogP) is -1.47. The standard InChI is InChI=1S/C24H34FN5O3/c1-3-29-17-19(24(32)26-5-4-6-28-11-13-33-14-12-28)23(31)18-15-20(25)22(16-21(18)29)30-9-7-27(2)8-10-30/h15-17H,3-14H2,1-2H3,(H,26,32)/p+2. The zero-order valence-corrected chi connectivity index (χ0v) is 19.7. The maximum Gasteiger partial charge on any atom is 0.256 e. The SMILES string of the molecule is CCn1cc(C(=O)NCCC[NH+]2CCOCC2)c(=O)c2cc(F)c(N3CC[NH+](C)CC3)cc21. The molecule has 8 nitrogen and oxygen atoms in total. The molecule has 1 aromatic heterocycles. The molecule has 2 aliphatic heterocycles. The number of ether oxygens (including phenoxy) is 1. The Bertz CT molecular complexity index is 1040. The number of fused-ring (bicyclic) bond motifs is 1. The van der Waals surface area contributed by atoms with Gasteiger partial charge in [-0.1, -0.05) is 0 Å². The van der Waals surface area contributed by atoms with E-state index in [4.69, 9.17) is 4.74 Å². The fourth-order valence-electron chi connectivity index (χ4n) is 4.74. The number of morpholine rings is 1. The minimum Gasteiger partial charge on any atom is -0.370 e. The minimum atomic E-state index is -0.417. The zero-order chi connectivity index (χ0) is 23.4. The average Bonchev–Trinajstić information content (AvgIpc) is 2.83. The van der Waals surface area contributed by atoms with E-state index in [1.165, 1.54) is 15.9 Å². The lowest BCUT2D eigenvalue weighted by molar-refractivity contribution is -0.908. The van der Waals surface area contributed by atoms with Crippen LogP contribution in [0.3, 0.4) is 0 Å². The third-order valence-electron chi connectivity index (χ3n) is 6.88. The molecule has 0 spiro atoms. The summed E-state index contributed by atoms with van der Waals surface area (Å²) < 4.78 is 22.3. The molecule has 0 unspecified atom stereocenters. The van der Waals surface area contributed by atoms with Gasteiger partial charge in [-0.15, -0.1) is 0 Å². The van der Waals surface area contributed by atoms with Crippen molar-refractivity contribution in [1.29, 1.82) is 0 Å². The molecule has 2 aromatic rings. The number of likely N-dealkylation sites (N-methyl/N-ethyl adjacent to an activating group) is 1. The molecular weight excluding hydrogens is 425 g/mol. The fraction of sp³-hybridized carbons (Fsp3) is 0.583. The molecule has 1 aromatic carbocycles. The molecule has 0 radical (unpaired) electrons. The number of quaternary nitrogens is 2. The summed E-state index contributed by atoms with van der Waals surface area (Å²) in [4.78, 5) is 30.9. The number of halogens is 1. The summed E-state index contributed by atoms with van der Waals surface area (Å²) in [5, 5.41) is 3.13. The van der Waals surface area contributed by atoms with Crippen LogP contribution in [-0.4, -0.2) is 83.1 Å². The van der Waals surface area contributed by atoms with Crippen molar-refractivity contribution >= 4 is 22.5 Å². The van der Waals surface area contributed by atoms with Gasteiger partial charge in [-0.2, -0.15) is 0 Å². The number of hydrogen-bond acceptors (Lipinski definition) is 4. The zero-order valence-electron chi connectivity index (χ0n) is 19.7. The van der Waals surface area contributed by atoms with Crippen molar-refractivity contribution in [3.8, 4) is 0 Å². The molecule has 0 bridgehead atoms. The monoisotopic (exact) mass is 461 g/mol. The Kier molecular flexibility index (Phi) is 7.62. The van der Waals surface area contributed by atoms with Gasteiger partial charge in [0.15, 0.2) is 0 Å². The minimum absolute atomic E-state index is 0.0680. The highest BCUT2D eigenvalue weighted by Crippen LogP contribution is 2.25. The van der Waals surface area contributed by atoms with Crippen LogP contribution >= 0.6 is 0 Å². The Labute approximate surface area is 193 Å². The third kappa shape index (κ3) is 5.37. The van der Waals surface area contributed by atoms with Gasteiger partial charge in [-0.3, -0.25) is 9.59 Å². The Morgan fingerprint density at radius 3 is 2.61 bits per heavy atom. The number of aryl methyl sites for hydroxylation is 1. The molecule has 1 amide bonds. The van der Waals surface area contributed by atoms with Crippen LogP contribution in [-0.2, 0) is 11.3 Å². The predicted molar refractivity (Wildman–Crippen MR) is 126 cm³/mol. The van der Waals surface area contributed by atoms with E-state index < -0.39 is 17.2 Å². The molecular formula is C24H36FN5O3+2. The number of hydrogen-bond donors (Lipinski definition) is 3. The molecule has 2 aliphatic rings. The maximum absolute atomic E-state index is 15.1. The first-order valence-electron chi connectivity index (χ1n) is 12.1. The lowest BCUT2D eigenvalue weighted by Gasteiger charge is -2.32. The Morgan fingerprint density at radius 1 is 1.18 bits per heavy atom. The van der Waals surface area contributed by atoms with Crippen LogP contribution in [0.5, 0.6) is 0 Å². The number of nitrogens with zero attached hydrogens (tertiary/aromatic N) is 2. The van der Waals surface area contributed by atoms with Crippen LogP contribution in [0.4, 0.5) is 10.1 Å². The van der Waals surface area contributed by atoms with Crippen molar-refractivity contribution in [2.24, 2.45) is 0 Å². The quantitative estimate of drug-likeness (QED) is 0.441. The summed E-state index contributed by atoms with van der Waals surface area (Å²) >= 11 is 0. The summed E-state index contributed by atoms with van der Waals surface area (Å²) in [5.41, 5.74) is 0.842. The van der Waals surface area contributed by atoms with Crippen molar-refractivity contribution in [2.45, 2.75) is 19.9 Å². The van der Waals surface area contributed by atoms with Crippen molar-refractivity contribution in [1.82, 2.24) is 9.88 Å². The van der Waals surface area contributed by atoms with Crippen LogP contribution in [0.2, 0.25) is 0 Å². The fourth-order valence-corrected chi connectivity index (χ4v) is 4.74. The topological polar surface area (TPSA) is 72.5 Å². The Hall–Kier alpha value is -2.49. The van der Waals surface area contributed by atoms with Gasteiger partial charge in [-0.05, 0) is 19.1 Å². The van der Waals surface area contributed by atoms with Crippen molar-refractivity contribution in [3.05, 3.63) is 39.9 Å². The van der Waals surface area contributed by atoms with Crippen LogP contribution in [0.1, 0.15) is 23.7 Å². The number of nitrogens with one attached hydrogen (secondary N) is 3. The summed E-state index contributed by atoms with van der Waals surface area (Å²) in [6, 6.07) is 3.08. The van der Waals surface area contributed by atoms with Gasteiger partial charge in [0.05, 0.1) is 64.2 Å². The number of piperazine rings is 1. The first-order chi connectivity index (χ1) is 16.0. The summed E-state index contributed by atoms with van der Waals surface area (Å²) in [6.07, 6.45) is 2.45. The average molecular weight is 462 g/mol. The van der Waals surface area contributed by atoms with E-state index in [9.17, 15) is 9.59 Å². The van der Waals surface area contributed by atoms with Crippen molar-refractivity contribution in [3.63, 3.8) is 0 Å². The maximum atomic E-state index is 15.1. The molecule has 3 N–H and O–H groups in total. The van der Waals surface area contributed by atoms with Gasteiger partial charge in [0.1, 0.15) is 24.5 Å². The van der Waals surface area contributed by atoms with Crippen LogP contribution < -0.4 is 25.4 Å². The van der Waals surface area contributed by atoms with Crippen molar-refractivity contribution in [2.75, 3.05) is 77.5 Å². The van der Waals surface area contributed by atoms with E-state index in [0.717, 1.165) is 65.4 Å². The molecule has 0 aliphatic carbocycles. The molecule has 33 heavy (non-hydrogen) atoms. The highest BCUT2D eigenvalue weighted by molar-refractivity contribution is 5.97. The summed E-state index contributed by atoms with van der Waals surface area (Å²) in [7, 11) is 2.14. The van der Waals surface area contributed by atoms with Crippen LogP contribution in [0, 0.1) is 5.82 Å². The third-order valence-corrected chi connectivity index (χ3v) is 6.88. The van der Waals surface area contributed by atoms with Crippen LogP contribution in [0.15, 0.2) is 23.1 Å². The number of anilines is 1. The van der Waals surface area contributed by atoms with Gasteiger partial charge in [0.25, 0.3) is 5.91 Å². The summed E-state index contributed by atoms with van der Waals surface area (Å²) in [6.45, 7) is 11.0. The second-order valence-electron chi connectivity index (χ2n) is 9.14. The van der Waals surface area contributed by atoms with E-state index in [0.29, 0.717) is 24.3 Å². The largest absolute Gasteiger partial charge is 0.370 e. The molecule has 2 saturated heterocycles. The van der Waals surface area contributed by atoms with Gasteiger partial charge >= 0.3 is 0 Å². The van der Waals surface area contributed by atoms with Gasteiger partial charge in [0, 0.05) is 31.1 Å². The Balaban J connectivity index is 1.51. The molecule has 0 atom stereocenters. The van der Waals surface area contributed by atoms with Gasteiger partial charge in [-0.25, -0.2) is 4.39 Å². The highest BCUT2D eigenvalue weighted by atomic mass is 19.1. The molecule has 180 valence electrons. The van der Waals surface area contributed by atoms with E-state index >= 15 is 4.39 Å². The lowest BCUT2D eigenvalue weighted by Crippen LogP contribution is -3.14. The van der Waals surface area contributed by atoms with Gasteiger partial charge in [0.2, 0.25) is 5.43 Å². The number of rotatable bonds is 7. The van der Waals surface area contributed by atoms with Crippen LogP contribution in [0.25, 0.3) is 10.9 Å². The second kappa shape index (κ2) is 10.6. The number of carbonyl (C=O) groups excluding carboxylic acids is 1.